The van der Waals surface area contributed by atoms with E-state index in [2.05, 4.69) is 40.3 Å². The van der Waals surface area contributed by atoms with Gasteiger partial charge in [-0.2, -0.15) is 0 Å². The van der Waals surface area contributed by atoms with Crippen molar-refractivity contribution in [3.63, 3.8) is 0 Å². The van der Waals surface area contributed by atoms with Crippen LogP contribution in [0.3, 0.4) is 0 Å². The largest absolute Gasteiger partial charge is 0.0991 e. The molecule has 3 aliphatic carbocycles. The third kappa shape index (κ3) is 2.24. The molecule has 0 heteroatoms. The summed E-state index contributed by atoms with van der Waals surface area (Å²) in [6.07, 6.45) is 15.8. The fourth-order valence-electron chi connectivity index (χ4n) is 6.87. The molecule has 6 atom stereocenters. The Hall–Kier alpha value is -0.520. The molecule has 0 bridgehead atoms. The van der Waals surface area contributed by atoms with E-state index >= 15 is 0 Å². The van der Waals surface area contributed by atoms with Gasteiger partial charge in [0.2, 0.25) is 0 Å². The average Bonchev–Trinajstić information content (AvgIpc) is 2.79. The Bertz CT molecular complexity index is 459. The van der Waals surface area contributed by atoms with Crippen LogP contribution in [0.25, 0.3) is 0 Å². The molecule has 0 aromatic rings. The first-order valence-corrected chi connectivity index (χ1v) is 9.79. The van der Waals surface area contributed by atoms with E-state index < -0.39 is 0 Å². The van der Waals surface area contributed by atoms with Crippen LogP contribution in [0.2, 0.25) is 0 Å². The second kappa shape index (κ2) is 5.84. The van der Waals surface area contributed by atoms with Crippen LogP contribution in [-0.4, -0.2) is 0 Å². The van der Waals surface area contributed by atoms with Crippen LogP contribution in [0.15, 0.2) is 24.3 Å². The van der Waals surface area contributed by atoms with Crippen molar-refractivity contribution in [1.82, 2.24) is 0 Å². The number of hydrogen-bond acceptors (Lipinski definition) is 0. The zero-order valence-electron chi connectivity index (χ0n) is 15.3. The third-order valence-electron chi connectivity index (χ3n) is 8.30. The number of fused-ring (bicyclic) bond motifs is 3. The van der Waals surface area contributed by atoms with Crippen molar-refractivity contribution in [2.75, 3.05) is 0 Å². The van der Waals surface area contributed by atoms with Crippen LogP contribution < -0.4 is 0 Å². The molecule has 124 valence electrons. The summed E-state index contributed by atoms with van der Waals surface area (Å²) in [5, 5.41) is 0. The Kier molecular flexibility index (Phi) is 4.34. The van der Waals surface area contributed by atoms with Gasteiger partial charge < -0.3 is 0 Å². The molecule has 0 radical (unpaired) electrons. The normalized spacial score (nSPS) is 49.7. The van der Waals surface area contributed by atoms with Crippen LogP contribution >= 0.6 is 0 Å². The van der Waals surface area contributed by atoms with Crippen LogP contribution in [0.1, 0.15) is 79.1 Å². The molecular formula is C22H36. The summed E-state index contributed by atoms with van der Waals surface area (Å²) in [6.45, 7) is 14.1. The molecule has 0 aromatic heterocycles. The Morgan fingerprint density at radius 1 is 1.14 bits per heavy atom. The maximum Gasteiger partial charge on any atom is -0.00824 e. The minimum atomic E-state index is 0.443. The maximum atomic E-state index is 3.98. The molecule has 0 saturated heterocycles. The second-order valence-corrected chi connectivity index (χ2v) is 9.03. The number of hydrogen-bond donors (Lipinski definition) is 0. The first-order valence-electron chi connectivity index (χ1n) is 9.79. The zero-order chi connectivity index (χ0) is 16.0. The summed E-state index contributed by atoms with van der Waals surface area (Å²) >= 11 is 0. The van der Waals surface area contributed by atoms with Gasteiger partial charge in [-0.15, -0.1) is 0 Å². The van der Waals surface area contributed by atoms with Crippen molar-refractivity contribution in [3.05, 3.63) is 24.3 Å². The van der Waals surface area contributed by atoms with E-state index in [1.165, 1.54) is 51.4 Å². The molecule has 0 heterocycles. The lowest BCUT2D eigenvalue weighted by Crippen LogP contribution is -2.49. The SMILES string of the molecule is C=C/C=C1/CCC2C(CCC3(C)C(C)CCC23)C1(C)CCC. The van der Waals surface area contributed by atoms with Crippen molar-refractivity contribution in [2.24, 2.45) is 34.5 Å². The van der Waals surface area contributed by atoms with Gasteiger partial charge in [-0.05, 0) is 79.4 Å². The van der Waals surface area contributed by atoms with Crippen molar-refractivity contribution in [1.29, 1.82) is 0 Å². The summed E-state index contributed by atoms with van der Waals surface area (Å²) in [4.78, 5) is 0. The molecule has 6 unspecified atom stereocenters. The summed E-state index contributed by atoms with van der Waals surface area (Å²) in [5.41, 5.74) is 2.80. The van der Waals surface area contributed by atoms with E-state index in [0.717, 1.165) is 23.7 Å². The molecule has 0 amide bonds. The lowest BCUT2D eigenvalue weighted by atomic mass is 9.47. The summed E-state index contributed by atoms with van der Waals surface area (Å²) in [6, 6.07) is 0. The minimum absolute atomic E-state index is 0.443. The van der Waals surface area contributed by atoms with Gasteiger partial charge in [-0.1, -0.05) is 58.4 Å². The highest BCUT2D eigenvalue weighted by Gasteiger charge is 2.57. The Labute approximate surface area is 138 Å². The number of allylic oxidation sites excluding steroid dienone is 3. The van der Waals surface area contributed by atoms with Gasteiger partial charge in [0.25, 0.3) is 0 Å². The Balaban J connectivity index is 1.94. The van der Waals surface area contributed by atoms with E-state index in [-0.39, 0.29) is 0 Å². The van der Waals surface area contributed by atoms with E-state index in [4.69, 9.17) is 0 Å². The summed E-state index contributed by atoms with van der Waals surface area (Å²) < 4.78 is 0. The monoisotopic (exact) mass is 300 g/mol. The van der Waals surface area contributed by atoms with Crippen LogP contribution in [0.5, 0.6) is 0 Å². The predicted octanol–water partition coefficient (Wildman–Crippen LogP) is 6.78. The first kappa shape index (κ1) is 16.3. The first-order chi connectivity index (χ1) is 10.5. The van der Waals surface area contributed by atoms with Gasteiger partial charge in [0.15, 0.2) is 0 Å². The minimum Gasteiger partial charge on any atom is -0.0991 e. The lowest BCUT2D eigenvalue weighted by molar-refractivity contribution is -0.0465. The highest BCUT2D eigenvalue weighted by Crippen LogP contribution is 2.65. The van der Waals surface area contributed by atoms with Gasteiger partial charge in [0.1, 0.15) is 0 Å². The van der Waals surface area contributed by atoms with E-state index in [9.17, 15) is 0 Å². The summed E-state index contributed by atoms with van der Waals surface area (Å²) in [7, 11) is 0. The van der Waals surface area contributed by atoms with Crippen molar-refractivity contribution in [2.45, 2.75) is 79.1 Å². The van der Waals surface area contributed by atoms with E-state index in [0.29, 0.717) is 10.8 Å². The predicted molar refractivity (Wildman–Crippen MR) is 96.7 cm³/mol. The molecule has 3 saturated carbocycles. The summed E-state index contributed by atoms with van der Waals surface area (Å²) in [5.74, 6) is 3.86. The highest BCUT2D eigenvalue weighted by atomic mass is 14.6. The molecule has 0 aliphatic heterocycles. The molecule has 0 spiro atoms. The van der Waals surface area contributed by atoms with Crippen molar-refractivity contribution >= 4 is 0 Å². The molecular weight excluding hydrogens is 264 g/mol. The highest BCUT2D eigenvalue weighted by molar-refractivity contribution is 5.24. The molecule has 3 fully saturated rings. The maximum absolute atomic E-state index is 3.98. The molecule has 0 nitrogen and oxygen atoms in total. The lowest BCUT2D eigenvalue weighted by Gasteiger charge is -2.57. The van der Waals surface area contributed by atoms with Crippen LogP contribution in [0, 0.1) is 34.5 Å². The van der Waals surface area contributed by atoms with Crippen molar-refractivity contribution in [3.8, 4) is 0 Å². The fraction of sp³-hybridized carbons (Fsp3) is 0.818. The molecule has 22 heavy (non-hydrogen) atoms. The van der Waals surface area contributed by atoms with Gasteiger partial charge in [0, 0.05) is 0 Å². The van der Waals surface area contributed by atoms with Gasteiger partial charge in [-0.25, -0.2) is 0 Å². The molecule has 3 rings (SSSR count). The van der Waals surface area contributed by atoms with Crippen LogP contribution in [-0.2, 0) is 0 Å². The van der Waals surface area contributed by atoms with Gasteiger partial charge in [-0.3, -0.25) is 0 Å². The average molecular weight is 301 g/mol. The van der Waals surface area contributed by atoms with Gasteiger partial charge >= 0.3 is 0 Å². The molecule has 0 N–H and O–H groups in total. The van der Waals surface area contributed by atoms with Gasteiger partial charge in [0.05, 0.1) is 0 Å². The number of rotatable bonds is 3. The smallest absolute Gasteiger partial charge is 0.00824 e. The Morgan fingerprint density at radius 3 is 2.59 bits per heavy atom. The standard InChI is InChI=1S/C22H36/c1-6-8-17-10-11-18-19-12-9-16(3)21(19,4)15-13-20(18)22(17,5)14-7-2/h6,8,16,18-20H,1,7,9-15H2,2-5H3/b17-8-. The van der Waals surface area contributed by atoms with E-state index in [1.54, 1.807) is 5.57 Å². The Morgan fingerprint density at radius 2 is 1.91 bits per heavy atom. The molecule has 3 aliphatic rings. The molecule has 0 aromatic carbocycles. The van der Waals surface area contributed by atoms with E-state index in [1.807, 2.05) is 6.08 Å². The zero-order valence-corrected chi connectivity index (χ0v) is 15.3. The third-order valence-corrected chi connectivity index (χ3v) is 8.30. The fourth-order valence-corrected chi connectivity index (χ4v) is 6.87. The van der Waals surface area contributed by atoms with Crippen molar-refractivity contribution < 1.29 is 0 Å². The second-order valence-electron chi connectivity index (χ2n) is 9.03. The quantitative estimate of drug-likeness (QED) is 0.539. The van der Waals surface area contributed by atoms with Crippen LogP contribution in [0.4, 0.5) is 0 Å². The topological polar surface area (TPSA) is 0 Å².